The summed E-state index contributed by atoms with van der Waals surface area (Å²) in [7, 11) is 0. The average molecular weight is 271 g/mol. The van der Waals surface area contributed by atoms with Crippen molar-refractivity contribution in [3.05, 3.63) is 57.8 Å². The first kappa shape index (κ1) is 12.4. The summed E-state index contributed by atoms with van der Waals surface area (Å²) >= 11 is 1.56. The Labute approximate surface area is 117 Å². The molecule has 1 amide bonds. The van der Waals surface area contributed by atoms with E-state index < -0.39 is 0 Å². The number of hydrogen-bond donors (Lipinski definition) is 1. The van der Waals surface area contributed by atoms with Crippen LogP contribution in [0, 0.1) is 0 Å². The Bertz CT molecular complexity index is 562. The summed E-state index contributed by atoms with van der Waals surface area (Å²) in [5.74, 6) is 0.511. The van der Waals surface area contributed by atoms with Crippen molar-refractivity contribution in [2.45, 2.75) is 25.2 Å². The first-order chi connectivity index (χ1) is 9.34. The summed E-state index contributed by atoms with van der Waals surface area (Å²) in [6.07, 6.45) is 3.56. The SMILES string of the molecule is O=C(NC[C@H]1CCCc2ccccc21)c1ccsc1. The van der Waals surface area contributed by atoms with Gasteiger partial charge in [-0.25, -0.2) is 0 Å². The third kappa shape index (κ3) is 2.71. The zero-order valence-corrected chi connectivity index (χ0v) is 11.6. The lowest BCUT2D eigenvalue weighted by Crippen LogP contribution is -2.29. The van der Waals surface area contributed by atoms with Crippen molar-refractivity contribution in [3.63, 3.8) is 0 Å². The van der Waals surface area contributed by atoms with Crippen LogP contribution in [0.3, 0.4) is 0 Å². The molecule has 0 spiro atoms. The van der Waals surface area contributed by atoms with Crippen molar-refractivity contribution in [2.75, 3.05) is 6.54 Å². The monoisotopic (exact) mass is 271 g/mol. The normalized spacial score (nSPS) is 17.8. The molecule has 2 aromatic rings. The summed E-state index contributed by atoms with van der Waals surface area (Å²) in [6, 6.07) is 10.5. The predicted molar refractivity (Wildman–Crippen MR) is 78.8 cm³/mol. The third-order valence-corrected chi connectivity index (χ3v) is 4.47. The van der Waals surface area contributed by atoms with Crippen molar-refractivity contribution in [1.29, 1.82) is 0 Å². The van der Waals surface area contributed by atoms with Gasteiger partial charge in [-0.15, -0.1) is 0 Å². The van der Waals surface area contributed by atoms with E-state index in [1.54, 1.807) is 11.3 Å². The van der Waals surface area contributed by atoms with Gasteiger partial charge < -0.3 is 5.32 Å². The molecular weight excluding hydrogens is 254 g/mol. The fraction of sp³-hybridized carbons (Fsp3) is 0.312. The van der Waals surface area contributed by atoms with Crippen molar-refractivity contribution in [1.82, 2.24) is 5.32 Å². The van der Waals surface area contributed by atoms with E-state index in [0.29, 0.717) is 5.92 Å². The van der Waals surface area contributed by atoms with Gasteiger partial charge in [0, 0.05) is 23.4 Å². The number of thiophene rings is 1. The van der Waals surface area contributed by atoms with Crippen LogP contribution in [-0.4, -0.2) is 12.5 Å². The first-order valence-corrected chi connectivity index (χ1v) is 7.67. The molecule has 1 atom stereocenters. The summed E-state index contributed by atoms with van der Waals surface area (Å²) in [5.41, 5.74) is 3.64. The van der Waals surface area contributed by atoms with Crippen LogP contribution < -0.4 is 5.32 Å². The highest BCUT2D eigenvalue weighted by Gasteiger charge is 2.20. The van der Waals surface area contributed by atoms with Gasteiger partial charge in [0.25, 0.3) is 5.91 Å². The molecule has 0 unspecified atom stereocenters. The van der Waals surface area contributed by atoms with Crippen LogP contribution >= 0.6 is 11.3 Å². The molecular formula is C16H17NOS. The van der Waals surface area contributed by atoms with E-state index in [0.717, 1.165) is 12.1 Å². The molecule has 1 aromatic carbocycles. The van der Waals surface area contributed by atoms with Crippen LogP contribution in [0.1, 0.15) is 40.2 Å². The molecule has 98 valence electrons. The van der Waals surface area contributed by atoms with Crippen LogP contribution in [0.15, 0.2) is 41.1 Å². The maximum absolute atomic E-state index is 12.0. The van der Waals surface area contributed by atoms with Gasteiger partial charge in [-0.3, -0.25) is 4.79 Å². The van der Waals surface area contributed by atoms with E-state index >= 15 is 0 Å². The number of amides is 1. The maximum atomic E-state index is 12.0. The molecule has 0 saturated carbocycles. The molecule has 1 N–H and O–H groups in total. The minimum Gasteiger partial charge on any atom is -0.351 e. The lowest BCUT2D eigenvalue weighted by Gasteiger charge is -2.25. The quantitative estimate of drug-likeness (QED) is 0.908. The van der Waals surface area contributed by atoms with E-state index in [-0.39, 0.29) is 5.91 Å². The molecule has 19 heavy (non-hydrogen) atoms. The Morgan fingerprint density at radius 3 is 3.05 bits per heavy atom. The number of hydrogen-bond acceptors (Lipinski definition) is 2. The van der Waals surface area contributed by atoms with Gasteiger partial charge in [-0.1, -0.05) is 24.3 Å². The molecule has 1 aromatic heterocycles. The number of rotatable bonds is 3. The Morgan fingerprint density at radius 1 is 1.32 bits per heavy atom. The number of carbonyl (C=O) groups excluding carboxylic acids is 1. The van der Waals surface area contributed by atoms with E-state index in [2.05, 4.69) is 29.6 Å². The molecule has 1 heterocycles. The molecule has 1 aliphatic rings. The second kappa shape index (κ2) is 5.57. The zero-order chi connectivity index (χ0) is 13.1. The van der Waals surface area contributed by atoms with E-state index in [1.165, 1.54) is 30.4 Å². The van der Waals surface area contributed by atoms with Gasteiger partial charge in [0.2, 0.25) is 0 Å². The first-order valence-electron chi connectivity index (χ1n) is 6.73. The number of benzene rings is 1. The highest BCUT2D eigenvalue weighted by atomic mass is 32.1. The Balaban J connectivity index is 1.67. The zero-order valence-electron chi connectivity index (χ0n) is 10.8. The van der Waals surface area contributed by atoms with Gasteiger partial charge in [0.15, 0.2) is 0 Å². The minimum absolute atomic E-state index is 0.0457. The molecule has 1 aliphatic carbocycles. The highest BCUT2D eigenvalue weighted by Crippen LogP contribution is 2.30. The Morgan fingerprint density at radius 2 is 2.21 bits per heavy atom. The molecule has 2 nitrogen and oxygen atoms in total. The molecule has 0 aliphatic heterocycles. The number of fused-ring (bicyclic) bond motifs is 1. The van der Waals surface area contributed by atoms with Crippen LogP contribution in [0.5, 0.6) is 0 Å². The van der Waals surface area contributed by atoms with Crippen molar-refractivity contribution in [2.24, 2.45) is 0 Å². The van der Waals surface area contributed by atoms with Gasteiger partial charge >= 0.3 is 0 Å². The molecule has 0 saturated heterocycles. The molecule has 3 heteroatoms. The third-order valence-electron chi connectivity index (χ3n) is 3.79. The van der Waals surface area contributed by atoms with Gasteiger partial charge in [-0.05, 0) is 41.8 Å². The van der Waals surface area contributed by atoms with Crippen LogP contribution in [-0.2, 0) is 6.42 Å². The van der Waals surface area contributed by atoms with Crippen molar-refractivity contribution < 1.29 is 4.79 Å². The van der Waals surface area contributed by atoms with Crippen LogP contribution in [0.25, 0.3) is 0 Å². The fourth-order valence-electron chi connectivity index (χ4n) is 2.78. The topological polar surface area (TPSA) is 29.1 Å². The summed E-state index contributed by atoms with van der Waals surface area (Å²) in [6.45, 7) is 0.742. The van der Waals surface area contributed by atoms with Crippen LogP contribution in [0.2, 0.25) is 0 Å². The summed E-state index contributed by atoms with van der Waals surface area (Å²) < 4.78 is 0. The molecule has 0 bridgehead atoms. The second-order valence-electron chi connectivity index (χ2n) is 5.01. The Hall–Kier alpha value is -1.61. The molecule has 0 fully saturated rings. The average Bonchev–Trinajstić information content (AvgIpc) is 2.99. The van der Waals surface area contributed by atoms with E-state index in [9.17, 15) is 4.79 Å². The number of carbonyl (C=O) groups is 1. The highest BCUT2D eigenvalue weighted by molar-refractivity contribution is 7.08. The van der Waals surface area contributed by atoms with Gasteiger partial charge in [0.1, 0.15) is 0 Å². The molecule has 0 radical (unpaired) electrons. The van der Waals surface area contributed by atoms with Crippen molar-refractivity contribution >= 4 is 17.2 Å². The molecule has 3 rings (SSSR count). The van der Waals surface area contributed by atoms with E-state index in [1.807, 2.05) is 16.8 Å². The van der Waals surface area contributed by atoms with Gasteiger partial charge in [-0.2, -0.15) is 11.3 Å². The second-order valence-corrected chi connectivity index (χ2v) is 5.79. The van der Waals surface area contributed by atoms with Crippen molar-refractivity contribution in [3.8, 4) is 0 Å². The smallest absolute Gasteiger partial charge is 0.252 e. The maximum Gasteiger partial charge on any atom is 0.252 e. The van der Waals surface area contributed by atoms with Crippen LogP contribution in [0.4, 0.5) is 0 Å². The number of nitrogens with one attached hydrogen (secondary N) is 1. The predicted octanol–water partition coefficient (Wildman–Crippen LogP) is 3.60. The largest absolute Gasteiger partial charge is 0.351 e. The standard InChI is InChI=1S/C16H17NOS/c18-16(14-8-9-19-11-14)17-10-13-6-3-5-12-4-1-2-7-15(12)13/h1-2,4,7-9,11,13H,3,5-6,10H2,(H,17,18)/t13-/m1/s1. The minimum atomic E-state index is 0.0457. The van der Waals surface area contributed by atoms with E-state index in [4.69, 9.17) is 0 Å². The Kier molecular flexibility index (Phi) is 3.65. The fourth-order valence-corrected chi connectivity index (χ4v) is 3.41. The lowest BCUT2D eigenvalue weighted by molar-refractivity contribution is 0.0950. The lowest BCUT2D eigenvalue weighted by atomic mass is 9.83. The van der Waals surface area contributed by atoms with Gasteiger partial charge in [0.05, 0.1) is 0 Å². The number of aryl methyl sites for hydroxylation is 1. The summed E-state index contributed by atoms with van der Waals surface area (Å²) in [5, 5.41) is 6.89. The summed E-state index contributed by atoms with van der Waals surface area (Å²) in [4.78, 5) is 12.0.